The molecule has 2 saturated heterocycles. The highest BCUT2D eigenvalue weighted by molar-refractivity contribution is 8.13. The van der Waals surface area contributed by atoms with Crippen molar-refractivity contribution in [1.29, 1.82) is 0 Å². The molecule has 0 aromatic heterocycles. The summed E-state index contributed by atoms with van der Waals surface area (Å²) in [5, 5.41) is -0.0217. The second kappa shape index (κ2) is 14.7. The fourth-order valence-corrected chi connectivity index (χ4v) is 6.60. The van der Waals surface area contributed by atoms with Gasteiger partial charge in [-0.05, 0) is 55.9 Å². The van der Waals surface area contributed by atoms with Gasteiger partial charge in [0.05, 0.1) is 19.3 Å². The first-order valence-corrected chi connectivity index (χ1v) is 15.2. The number of esters is 1. The summed E-state index contributed by atoms with van der Waals surface area (Å²) in [5.41, 5.74) is 3.15. The Labute approximate surface area is 247 Å². The van der Waals surface area contributed by atoms with Gasteiger partial charge < -0.3 is 23.8 Å². The Morgan fingerprint density at radius 1 is 1.15 bits per heavy atom. The lowest BCUT2D eigenvalue weighted by molar-refractivity contribution is -0.305. The molecule has 2 aromatic carbocycles. The Kier molecular flexibility index (Phi) is 11.1. The molecule has 2 aliphatic rings. The molecule has 4 atom stereocenters. The zero-order valence-electron chi connectivity index (χ0n) is 24.3. The molecule has 2 aliphatic heterocycles. The summed E-state index contributed by atoms with van der Waals surface area (Å²) in [6.07, 6.45) is 6.81. The summed E-state index contributed by atoms with van der Waals surface area (Å²) in [6, 6.07) is 17.6. The molecular formula is C33H41NO6S. The highest BCUT2D eigenvalue weighted by Gasteiger charge is 2.54. The van der Waals surface area contributed by atoms with Gasteiger partial charge in [-0.2, -0.15) is 0 Å². The Hall–Kier alpha value is -3.07. The zero-order chi connectivity index (χ0) is 29.2. The van der Waals surface area contributed by atoms with Crippen LogP contribution in [0.3, 0.4) is 0 Å². The SMILES string of the molecule is C=CCCC(C)=CC(=O)O[C@@H]1C[C@@H](CCc2ccccc2)O[C@@](OC)(C2CSC(=O)N2Cc2ccc(OC)cc2)C1. The van der Waals surface area contributed by atoms with E-state index in [-0.39, 0.29) is 23.4 Å². The number of nitrogens with zero attached hydrogens (tertiary/aromatic N) is 1. The molecule has 41 heavy (non-hydrogen) atoms. The smallest absolute Gasteiger partial charge is 0.330 e. The molecule has 0 spiro atoms. The number of carbonyl (C=O) groups excluding carboxylic acids is 2. The van der Waals surface area contributed by atoms with Gasteiger partial charge in [-0.25, -0.2) is 4.79 Å². The quantitative estimate of drug-likeness (QED) is 0.148. The largest absolute Gasteiger partial charge is 0.497 e. The second-order valence-corrected chi connectivity index (χ2v) is 11.6. The van der Waals surface area contributed by atoms with Crippen LogP contribution in [-0.2, 0) is 32.0 Å². The summed E-state index contributed by atoms with van der Waals surface area (Å²) in [7, 11) is 3.25. The Bertz CT molecular complexity index is 1200. The highest BCUT2D eigenvalue weighted by Crippen LogP contribution is 2.42. The summed E-state index contributed by atoms with van der Waals surface area (Å²) in [4.78, 5) is 27.9. The molecule has 7 nitrogen and oxygen atoms in total. The number of benzene rings is 2. The summed E-state index contributed by atoms with van der Waals surface area (Å²) < 4.78 is 24.2. The highest BCUT2D eigenvalue weighted by atomic mass is 32.2. The topological polar surface area (TPSA) is 74.3 Å². The van der Waals surface area contributed by atoms with Crippen LogP contribution in [0.5, 0.6) is 5.75 Å². The number of aryl methyl sites for hydroxylation is 1. The van der Waals surface area contributed by atoms with Crippen molar-refractivity contribution >= 4 is 23.0 Å². The van der Waals surface area contributed by atoms with Gasteiger partial charge in [0.1, 0.15) is 11.9 Å². The number of methoxy groups -OCH3 is 2. The number of thioether (sulfide) groups is 1. The van der Waals surface area contributed by atoms with Gasteiger partial charge in [0, 0.05) is 38.3 Å². The van der Waals surface area contributed by atoms with E-state index in [1.165, 1.54) is 17.3 Å². The van der Waals surface area contributed by atoms with Gasteiger partial charge in [-0.15, -0.1) is 6.58 Å². The van der Waals surface area contributed by atoms with Gasteiger partial charge in [-0.1, -0.05) is 65.9 Å². The molecule has 1 amide bonds. The van der Waals surface area contributed by atoms with E-state index in [4.69, 9.17) is 18.9 Å². The maximum atomic E-state index is 13.1. The average Bonchev–Trinajstić information content (AvgIpc) is 3.35. The number of allylic oxidation sites excluding steroid dienone is 2. The number of amides is 1. The van der Waals surface area contributed by atoms with Gasteiger partial charge in [-0.3, -0.25) is 4.79 Å². The average molecular weight is 580 g/mol. The standard InChI is InChI=1S/C33H41NO6S/c1-5-6-10-24(2)19-31(35)39-29-20-28(18-13-25-11-8-7-9-12-25)40-33(21-29,38-4)30-23-41-32(36)34(30)22-26-14-16-27(37-3)17-15-26/h5,7-9,11-12,14-17,19,28-30H,1,6,10,13,18,20-23H2,2-4H3/t28-,29-,30?,33-/m1/s1. The summed E-state index contributed by atoms with van der Waals surface area (Å²) in [6.45, 7) is 6.10. The number of hydrogen-bond acceptors (Lipinski definition) is 7. The maximum absolute atomic E-state index is 13.1. The van der Waals surface area contributed by atoms with Crippen LogP contribution in [0.2, 0.25) is 0 Å². The predicted molar refractivity (Wildman–Crippen MR) is 162 cm³/mol. The lowest BCUT2D eigenvalue weighted by Crippen LogP contribution is -2.60. The molecule has 0 N–H and O–H groups in total. The van der Waals surface area contributed by atoms with Crippen LogP contribution in [0.15, 0.2) is 78.9 Å². The van der Waals surface area contributed by atoms with Crippen LogP contribution in [-0.4, -0.2) is 60.1 Å². The van der Waals surface area contributed by atoms with Crippen molar-refractivity contribution in [3.8, 4) is 5.75 Å². The van der Waals surface area contributed by atoms with Gasteiger partial charge in [0.25, 0.3) is 5.24 Å². The Morgan fingerprint density at radius 3 is 2.59 bits per heavy atom. The van der Waals surface area contributed by atoms with E-state index in [9.17, 15) is 9.59 Å². The molecule has 1 unspecified atom stereocenters. The molecule has 0 bridgehead atoms. The first kappa shape index (κ1) is 30.9. The number of carbonyl (C=O) groups is 2. The van der Waals surface area contributed by atoms with Crippen LogP contribution >= 0.6 is 11.8 Å². The van der Waals surface area contributed by atoms with Crippen molar-refractivity contribution < 1.29 is 28.5 Å². The summed E-state index contributed by atoms with van der Waals surface area (Å²) >= 11 is 1.27. The zero-order valence-corrected chi connectivity index (χ0v) is 25.1. The molecule has 0 aliphatic carbocycles. The van der Waals surface area contributed by atoms with E-state index < -0.39 is 11.9 Å². The summed E-state index contributed by atoms with van der Waals surface area (Å²) in [5.74, 6) is -0.193. The lowest BCUT2D eigenvalue weighted by Gasteiger charge is -2.48. The first-order valence-electron chi connectivity index (χ1n) is 14.2. The van der Waals surface area contributed by atoms with E-state index in [0.29, 0.717) is 25.1 Å². The first-order chi connectivity index (χ1) is 19.9. The molecule has 0 saturated carbocycles. The Morgan fingerprint density at radius 2 is 1.90 bits per heavy atom. The third kappa shape index (κ3) is 8.24. The van der Waals surface area contributed by atoms with Crippen molar-refractivity contribution in [3.05, 3.63) is 90.0 Å². The third-order valence-corrected chi connectivity index (χ3v) is 8.70. The van der Waals surface area contributed by atoms with Crippen molar-refractivity contribution in [2.24, 2.45) is 0 Å². The minimum atomic E-state index is -1.11. The molecule has 8 heteroatoms. The van der Waals surface area contributed by atoms with Crippen molar-refractivity contribution in [2.75, 3.05) is 20.0 Å². The fourth-order valence-electron chi connectivity index (χ4n) is 5.51. The molecule has 2 aromatic rings. The Balaban J connectivity index is 1.56. The molecule has 2 fully saturated rings. The van der Waals surface area contributed by atoms with E-state index in [2.05, 4.69) is 18.7 Å². The van der Waals surface area contributed by atoms with Crippen molar-refractivity contribution in [1.82, 2.24) is 4.90 Å². The minimum absolute atomic E-state index is 0.0217. The molecular weight excluding hydrogens is 538 g/mol. The fraction of sp³-hybridized carbons (Fsp3) is 0.455. The van der Waals surface area contributed by atoms with Crippen LogP contribution in [0.4, 0.5) is 4.79 Å². The van der Waals surface area contributed by atoms with Crippen molar-refractivity contribution in [2.45, 2.75) is 76.0 Å². The van der Waals surface area contributed by atoms with E-state index in [0.717, 1.165) is 42.6 Å². The van der Waals surface area contributed by atoms with Crippen LogP contribution in [0, 0.1) is 0 Å². The van der Waals surface area contributed by atoms with Gasteiger partial charge in [0.2, 0.25) is 0 Å². The number of rotatable bonds is 13. The van der Waals surface area contributed by atoms with Crippen LogP contribution in [0.25, 0.3) is 0 Å². The maximum Gasteiger partial charge on any atom is 0.330 e. The number of hydrogen-bond donors (Lipinski definition) is 0. The normalized spacial score (nSPS) is 24.8. The van der Waals surface area contributed by atoms with Gasteiger partial charge >= 0.3 is 5.97 Å². The van der Waals surface area contributed by atoms with Crippen molar-refractivity contribution in [3.63, 3.8) is 0 Å². The molecule has 4 rings (SSSR count). The molecule has 2 heterocycles. The van der Waals surface area contributed by atoms with E-state index in [1.54, 1.807) is 20.3 Å². The third-order valence-electron chi connectivity index (χ3n) is 7.73. The molecule has 220 valence electrons. The second-order valence-electron chi connectivity index (χ2n) is 10.7. The monoisotopic (exact) mass is 579 g/mol. The number of ether oxygens (including phenoxy) is 4. The predicted octanol–water partition coefficient (Wildman–Crippen LogP) is 6.71. The van der Waals surface area contributed by atoms with Gasteiger partial charge in [0.15, 0.2) is 5.79 Å². The minimum Gasteiger partial charge on any atom is -0.497 e. The van der Waals surface area contributed by atoms with E-state index in [1.807, 2.05) is 60.4 Å². The van der Waals surface area contributed by atoms with Crippen LogP contribution in [0.1, 0.15) is 50.2 Å². The lowest BCUT2D eigenvalue weighted by atomic mass is 9.90. The van der Waals surface area contributed by atoms with E-state index >= 15 is 0 Å². The van der Waals surface area contributed by atoms with Crippen LogP contribution < -0.4 is 4.74 Å². The molecule has 0 radical (unpaired) electrons.